The quantitative estimate of drug-likeness (QED) is 0.671. The van der Waals surface area contributed by atoms with E-state index >= 15 is 0 Å². The summed E-state index contributed by atoms with van der Waals surface area (Å²) >= 11 is 0. The lowest BCUT2D eigenvalue weighted by Crippen LogP contribution is -2.24. The van der Waals surface area contributed by atoms with Crippen LogP contribution in [0.25, 0.3) is 0 Å². The Hall–Kier alpha value is -1.17. The third kappa shape index (κ3) is 3.66. The predicted molar refractivity (Wildman–Crippen MR) is 65.0 cm³/mol. The van der Waals surface area contributed by atoms with Crippen LogP contribution in [0.3, 0.4) is 0 Å². The number of aliphatic hydroxyl groups excluding tert-OH is 2. The number of methoxy groups -OCH3 is 1. The molecule has 1 aromatic rings. The van der Waals surface area contributed by atoms with E-state index < -0.39 is 12.2 Å². The number of aliphatic hydroxyl groups is 2. The summed E-state index contributed by atoms with van der Waals surface area (Å²) in [6, 6.07) is 1.74. The average Bonchev–Trinajstić information content (AvgIpc) is 2.34. The minimum Gasteiger partial charge on any atom is -0.481 e. The van der Waals surface area contributed by atoms with Gasteiger partial charge in [0.05, 0.1) is 13.2 Å². The number of nitrogens with zero attached hydrogens (tertiary/aromatic N) is 1. The number of hydrogen-bond acceptors (Lipinski definition) is 5. The van der Waals surface area contributed by atoms with Crippen molar-refractivity contribution < 1.29 is 14.9 Å². The van der Waals surface area contributed by atoms with Gasteiger partial charge in [-0.25, -0.2) is 4.98 Å². The highest BCUT2D eigenvalue weighted by Gasteiger charge is 2.20. The van der Waals surface area contributed by atoms with Crippen LogP contribution in [-0.4, -0.2) is 42.0 Å². The molecule has 0 aliphatic heterocycles. The van der Waals surface area contributed by atoms with Crippen LogP contribution in [0.15, 0.2) is 12.3 Å². The molecule has 96 valence electrons. The van der Waals surface area contributed by atoms with Crippen molar-refractivity contribution in [2.24, 2.45) is 0 Å². The predicted octanol–water partition coefficient (Wildman–Crippen LogP) is 0.402. The Balaban J connectivity index is 2.77. The van der Waals surface area contributed by atoms with Gasteiger partial charge in [0.15, 0.2) is 0 Å². The topological polar surface area (TPSA) is 74.6 Å². The Labute approximate surface area is 101 Å². The molecule has 3 N–H and O–H groups in total. The molecule has 17 heavy (non-hydrogen) atoms. The highest BCUT2D eigenvalue weighted by Crippen LogP contribution is 2.23. The van der Waals surface area contributed by atoms with Crippen LogP contribution in [0.1, 0.15) is 23.7 Å². The first-order valence-electron chi connectivity index (χ1n) is 5.61. The summed E-state index contributed by atoms with van der Waals surface area (Å²) in [4.78, 5) is 4.03. The van der Waals surface area contributed by atoms with Crippen LogP contribution >= 0.6 is 0 Å². The van der Waals surface area contributed by atoms with E-state index in [1.165, 1.54) is 0 Å². The molecule has 0 amide bonds. The molecular weight excluding hydrogens is 220 g/mol. The van der Waals surface area contributed by atoms with Crippen LogP contribution in [-0.2, 0) is 0 Å². The normalized spacial score (nSPS) is 14.4. The number of rotatable bonds is 6. The van der Waals surface area contributed by atoms with Crippen LogP contribution in [0.2, 0.25) is 0 Å². The molecule has 0 aliphatic rings. The molecule has 0 aromatic carbocycles. The molecule has 1 aromatic heterocycles. The molecule has 2 unspecified atom stereocenters. The van der Waals surface area contributed by atoms with Crippen molar-refractivity contribution in [1.82, 2.24) is 10.3 Å². The maximum absolute atomic E-state index is 10.0. The maximum Gasteiger partial charge on any atom is 0.213 e. The Morgan fingerprint density at radius 3 is 2.71 bits per heavy atom. The first-order chi connectivity index (χ1) is 8.10. The fraction of sp³-hybridized carbons (Fsp3) is 0.583. The first-order valence-corrected chi connectivity index (χ1v) is 5.61. The molecule has 1 rings (SSSR count). The number of aryl methyl sites for hydroxylation is 1. The Morgan fingerprint density at radius 2 is 2.18 bits per heavy atom. The Bertz CT molecular complexity index is 358. The number of nitrogens with one attached hydrogen (secondary N) is 1. The van der Waals surface area contributed by atoms with Gasteiger partial charge >= 0.3 is 0 Å². The molecule has 2 atom stereocenters. The number of hydrogen-bond donors (Lipinski definition) is 3. The minimum absolute atomic E-state index is 0.489. The van der Waals surface area contributed by atoms with E-state index in [1.807, 2.05) is 6.92 Å². The molecule has 0 saturated heterocycles. The summed E-state index contributed by atoms with van der Waals surface area (Å²) in [5.41, 5.74) is 1.49. The summed E-state index contributed by atoms with van der Waals surface area (Å²) in [6.07, 6.45) is 0.322. The van der Waals surface area contributed by atoms with Crippen molar-refractivity contribution >= 4 is 0 Å². The molecule has 1 heterocycles. The van der Waals surface area contributed by atoms with Crippen molar-refractivity contribution in [2.75, 3.05) is 20.7 Å². The van der Waals surface area contributed by atoms with Gasteiger partial charge in [-0.15, -0.1) is 0 Å². The molecule has 5 nitrogen and oxygen atoms in total. The van der Waals surface area contributed by atoms with E-state index in [4.69, 9.17) is 4.74 Å². The number of ether oxygens (including phenoxy) is 1. The molecule has 0 bridgehead atoms. The fourth-order valence-electron chi connectivity index (χ4n) is 1.62. The van der Waals surface area contributed by atoms with Crippen molar-refractivity contribution in [2.45, 2.75) is 25.6 Å². The minimum atomic E-state index is -0.915. The van der Waals surface area contributed by atoms with Crippen molar-refractivity contribution in [3.8, 4) is 5.88 Å². The van der Waals surface area contributed by atoms with Gasteiger partial charge in [0.2, 0.25) is 5.88 Å². The second-order valence-corrected chi connectivity index (χ2v) is 3.99. The van der Waals surface area contributed by atoms with E-state index in [0.717, 1.165) is 5.56 Å². The van der Waals surface area contributed by atoms with Crippen LogP contribution in [0.4, 0.5) is 0 Å². The van der Waals surface area contributed by atoms with E-state index in [9.17, 15) is 10.2 Å². The van der Waals surface area contributed by atoms with Gasteiger partial charge in [-0.2, -0.15) is 0 Å². The van der Waals surface area contributed by atoms with Gasteiger partial charge in [-0.3, -0.25) is 0 Å². The monoisotopic (exact) mass is 240 g/mol. The van der Waals surface area contributed by atoms with Gasteiger partial charge in [-0.1, -0.05) is 0 Å². The van der Waals surface area contributed by atoms with Gasteiger partial charge < -0.3 is 20.3 Å². The van der Waals surface area contributed by atoms with Crippen molar-refractivity contribution in [3.05, 3.63) is 23.4 Å². The maximum atomic E-state index is 10.0. The Kier molecular flexibility index (Phi) is 5.34. The SMILES string of the molecule is CNCCC(O)C(O)c1cnc(OC)cc1C. The molecular formula is C12H20N2O3. The zero-order valence-electron chi connectivity index (χ0n) is 10.5. The third-order valence-electron chi connectivity index (χ3n) is 2.71. The summed E-state index contributed by atoms with van der Waals surface area (Å²) < 4.78 is 4.99. The average molecular weight is 240 g/mol. The second-order valence-electron chi connectivity index (χ2n) is 3.99. The van der Waals surface area contributed by atoms with Gasteiger partial charge in [0.1, 0.15) is 6.10 Å². The molecule has 0 radical (unpaired) electrons. The summed E-state index contributed by atoms with van der Waals surface area (Å²) in [6.45, 7) is 2.51. The lowest BCUT2D eigenvalue weighted by atomic mass is 10.00. The van der Waals surface area contributed by atoms with E-state index in [1.54, 1.807) is 26.4 Å². The van der Waals surface area contributed by atoms with Gasteiger partial charge in [-0.05, 0) is 32.5 Å². The molecule has 0 spiro atoms. The highest BCUT2D eigenvalue weighted by atomic mass is 16.5. The van der Waals surface area contributed by atoms with Crippen LogP contribution < -0.4 is 10.1 Å². The number of aromatic nitrogens is 1. The molecule has 0 saturated carbocycles. The largest absolute Gasteiger partial charge is 0.481 e. The Morgan fingerprint density at radius 1 is 1.47 bits per heavy atom. The second kappa shape index (κ2) is 6.54. The molecule has 0 fully saturated rings. The lowest BCUT2D eigenvalue weighted by Gasteiger charge is -2.19. The van der Waals surface area contributed by atoms with E-state index in [2.05, 4.69) is 10.3 Å². The van der Waals surface area contributed by atoms with E-state index in [-0.39, 0.29) is 0 Å². The van der Waals surface area contributed by atoms with E-state index in [0.29, 0.717) is 24.4 Å². The van der Waals surface area contributed by atoms with Gasteiger partial charge in [0.25, 0.3) is 0 Å². The van der Waals surface area contributed by atoms with Crippen LogP contribution in [0, 0.1) is 6.92 Å². The smallest absolute Gasteiger partial charge is 0.213 e. The van der Waals surface area contributed by atoms with Crippen LogP contribution in [0.5, 0.6) is 5.88 Å². The standard InChI is InChI=1S/C12H20N2O3/c1-8-6-11(17-3)14-7-9(8)12(16)10(15)4-5-13-2/h6-7,10,12-13,15-16H,4-5H2,1-3H3. The zero-order chi connectivity index (χ0) is 12.8. The lowest BCUT2D eigenvalue weighted by molar-refractivity contribution is 0.0134. The van der Waals surface area contributed by atoms with Gasteiger partial charge in [0, 0.05) is 17.8 Å². The summed E-state index contributed by atoms with van der Waals surface area (Å²) in [7, 11) is 3.35. The molecule has 5 heteroatoms. The third-order valence-corrected chi connectivity index (χ3v) is 2.71. The number of pyridine rings is 1. The highest BCUT2D eigenvalue weighted by molar-refractivity contribution is 5.30. The summed E-state index contributed by atoms with van der Waals surface area (Å²) in [5, 5.41) is 22.7. The zero-order valence-corrected chi connectivity index (χ0v) is 10.5. The first kappa shape index (κ1) is 13.9. The van der Waals surface area contributed by atoms with Crippen molar-refractivity contribution in [1.29, 1.82) is 0 Å². The molecule has 0 aliphatic carbocycles. The van der Waals surface area contributed by atoms with Crippen molar-refractivity contribution in [3.63, 3.8) is 0 Å². The fourth-order valence-corrected chi connectivity index (χ4v) is 1.62. The summed E-state index contributed by atoms with van der Waals surface area (Å²) in [5.74, 6) is 0.503.